The van der Waals surface area contributed by atoms with E-state index in [1.807, 2.05) is 0 Å². The second kappa shape index (κ2) is 8.01. The largest absolute Gasteiger partial charge is 0.411 e. The van der Waals surface area contributed by atoms with E-state index in [0.717, 1.165) is 0 Å². The van der Waals surface area contributed by atoms with Crippen molar-refractivity contribution in [3.05, 3.63) is 22.4 Å². The first-order valence-electron chi connectivity index (χ1n) is 5.86. The Balaban J connectivity index is 2.08. The van der Waals surface area contributed by atoms with Crippen LogP contribution in [0.25, 0.3) is 0 Å². The van der Waals surface area contributed by atoms with Crippen molar-refractivity contribution >= 4 is 23.0 Å². The Kier molecular flexibility index (Phi) is 6.66. The van der Waals surface area contributed by atoms with Gasteiger partial charge in [0.05, 0.1) is 11.5 Å². The molecule has 0 saturated carbocycles. The number of halogens is 3. The van der Waals surface area contributed by atoms with Crippen molar-refractivity contribution in [3.63, 3.8) is 0 Å². The molecule has 0 aliphatic carbocycles. The molecule has 1 N–H and O–H groups in total. The average Bonchev–Trinajstić information content (AvgIpc) is 2.88. The normalized spacial score (nSPS) is 11.3. The number of Topliss-reactive ketones (excluding diaryl/α,β-unsaturated/α-hetero) is 1. The van der Waals surface area contributed by atoms with Gasteiger partial charge in [0, 0.05) is 19.4 Å². The fraction of sp³-hybridized carbons (Fsp3) is 0.500. The minimum absolute atomic E-state index is 0.00992. The molecule has 1 rings (SSSR count). The Morgan fingerprint density at radius 2 is 2.05 bits per heavy atom. The van der Waals surface area contributed by atoms with E-state index in [2.05, 4.69) is 10.1 Å². The summed E-state index contributed by atoms with van der Waals surface area (Å²) in [6.07, 6.45) is -4.27. The van der Waals surface area contributed by atoms with Crippen LogP contribution in [0.2, 0.25) is 0 Å². The van der Waals surface area contributed by atoms with Gasteiger partial charge in [-0.25, -0.2) is 0 Å². The van der Waals surface area contributed by atoms with Crippen molar-refractivity contribution in [2.75, 3.05) is 19.8 Å². The number of hydrogen-bond donors (Lipinski definition) is 1. The fourth-order valence-corrected chi connectivity index (χ4v) is 2.02. The third-order valence-corrected chi connectivity index (χ3v) is 3.12. The average molecular weight is 309 g/mol. The van der Waals surface area contributed by atoms with Crippen molar-refractivity contribution in [1.82, 2.24) is 5.32 Å². The van der Waals surface area contributed by atoms with Crippen LogP contribution in [0.4, 0.5) is 13.2 Å². The predicted octanol–water partition coefficient (Wildman–Crippen LogP) is 2.41. The summed E-state index contributed by atoms with van der Waals surface area (Å²) in [5.41, 5.74) is 0. The second-order valence-corrected chi connectivity index (χ2v) is 4.87. The molecule has 1 amide bonds. The highest BCUT2D eigenvalue weighted by atomic mass is 32.1. The molecule has 0 saturated heterocycles. The molecule has 1 aromatic heterocycles. The molecule has 0 spiro atoms. The molecular weight excluding hydrogens is 295 g/mol. The zero-order valence-corrected chi connectivity index (χ0v) is 11.4. The van der Waals surface area contributed by atoms with Gasteiger partial charge in [-0.1, -0.05) is 6.07 Å². The van der Waals surface area contributed by atoms with E-state index in [1.165, 1.54) is 11.3 Å². The molecular formula is C12H14F3NO3S. The van der Waals surface area contributed by atoms with Crippen molar-refractivity contribution in [3.8, 4) is 0 Å². The van der Waals surface area contributed by atoms with Gasteiger partial charge in [0.15, 0.2) is 5.78 Å². The Morgan fingerprint density at radius 1 is 1.30 bits per heavy atom. The zero-order valence-electron chi connectivity index (χ0n) is 10.5. The molecule has 0 aliphatic heterocycles. The maximum Gasteiger partial charge on any atom is 0.411 e. The molecule has 0 aliphatic rings. The number of rotatable bonds is 8. The van der Waals surface area contributed by atoms with Crippen molar-refractivity contribution in [2.45, 2.75) is 19.0 Å². The number of ether oxygens (including phenoxy) is 1. The van der Waals surface area contributed by atoms with E-state index in [0.29, 0.717) is 4.88 Å². The van der Waals surface area contributed by atoms with Gasteiger partial charge in [-0.3, -0.25) is 9.59 Å². The summed E-state index contributed by atoms with van der Waals surface area (Å²) >= 11 is 1.30. The molecule has 0 radical (unpaired) electrons. The lowest BCUT2D eigenvalue weighted by molar-refractivity contribution is -0.173. The van der Waals surface area contributed by atoms with Gasteiger partial charge in [0.25, 0.3) is 0 Å². The predicted molar refractivity (Wildman–Crippen MR) is 67.8 cm³/mol. The molecule has 0 atom stereocenters. The van der Waals surface area contributed by atoms with Gasteiger partial charge >= 0.3 is 6.18 Å². The Labute approximate surface area is 117 Å². The maximum atomic E-state index is 11.7. The number of hydrogen-bond acceptors (Lipinski definition) is 4. The van der Waals surface area contributed by atoms with Crippen LogP contribution in [0.15, 0.2) is 17.5 Å². The molecule has 0 fully saturated rings. The molecule has 0 aromatic carbocycles. The van der Waals surface area contributed by atoms with Crippen LogP contribution in [0.1, 0.15) is 22.5 Å². The number of carbonyl (C=O) groups excluding carboxylic acids is 2. The number of carbonyl (C=O) groups is 2. The molecule has 112 valence electrons. The highest BCUT2D eigenvalue weighted by molar-refractivity contribution is 7.12. The Hall–Kier alpha value is -1.41. The first-order chi connectivity index (χ1) is 9.38. The van der Waals surface area contributed by atoms with Gasteiger partial charge in [-0.05, 0) is 11.4 Å². The molecule has 4 nitrogen and oxygen atoms in total. The minimum Gasteiger partial charge on any atom is -0.370 e. The summed E-state index contributed by atoms with van der Waals surface area (Å²) in [6.45, 7) is -1.56. The lowest BCUT2D eigenvalue weighted by Crippen LogP contribution is -2.29. The van der Waals surface area contributed by atoms with Crippen LogP contribution >= 0.6 is 11.3 Å². The van der Waals surface area contributed by atoms with Crippen LogP contribution < -0.4 is 5.32 Å². The number of nitrogens with one attached hydrogen (secondary N) is 1. The van der Waals surface area contributed by atoms with E-state index < -0.39 is 12.8 Å². The highest BCUT2D eigenvalue weighted by Crippen LogP contribution is 2.14. The molecule has 0 unspecified atom stereocenters. The Bertz CT molecular complexity index is 432. The first-order valence-corrected chi connectivity index (χ1v) is 6.74. The highest BCUT2D eigenvalue weighted by Gasteiger charge is 2.27. The van der Waals surface area contributed by atoms with Crippen molar-refractivity contribution < 1.29 is 27.5 Å². The SMILES string of the molecule is O=C(CCC(=O)c1cccs1)NCCOCC(F)(F)F. The molecule has 20 heavy (non-hydrogen) atoms. The number of thiophene rings is 1. The van der Waals surface area contributed by atoms with E-state index >= 15 is 0 Å². The summed E-state index contributed by atoms with van der Waals surface area (Å²) in [6, 6.07) is 3.42. The lowest BCUT2D eigenvalue weighted by atomic mass is 10.2. The zero-order chi connectivity index (χ0) is 15.0. The van der Waals surface area contributed by atoms with Gasteiger partial charge in [0.2, 0.25) is 5.91 Å². The third-order valence-electron chi connectivity index (χ3n) is 2.21. The quantitative estimate of drug-likeness (QED) is 0.592. The molecule has 1 heterocycles. The summed E-state index contributed by atoms with van der Waals surface area (Å²) in [5.74, 6) is -0.506. The van der Waals surface area contributed by atoms with Crippen LogP contribution in [0.5, 0.6) is 0 Å². The summed E-state index contributed by atoms with van der Waals surface area (Å²) in [7, 11) is 0. The van der Waals surface area contributed by atoms with Crippen LogP contribution in [0, 0.1) is 0 Å². The summed E-state index contributed by atoms with van der Waals surface area (Å²) in [5, 5.41) is 4.16. The monoisotopic (exact) mass is 309 g/mol. The Morgan fingerprint density at radius 3 is 2.65 bits per heavy atom. The van der Waals surface area contributed by atoms with Crippen LogP contribution in [-0.2, 0) is 9.53 Å². The lowest BCUT2D eigenvalue weighted by Gasteiger charge is -2.08. The van der Waals surface area contributed by atoms with Crippen LogP contribution in [-0.4, -0.2) is 37.6 Å². The third kappa shape index (κ3) is 7.25. The van der Waals surface area contributed by atoms with Gasteiger partial charge < -0.3 is 10.1 Å². The van der Waals surface area contributed by atoms with Crippen molar-refractivity contribution in [1.29, 1.82) is 0 Å². The van der Waals surface area contributed by atoms with Gasteiger partial charge in [0.1, 0.15) is 6.61 Å². The standard InChI is InChI=1S/C12H14F3NO3S/c13-12(14,15)8-19-6-5-16-11(18)4-3-9(17)10-2-1-7-20-10/h1-2,7H,3-6,8H2,(H,16,18). The van der Waals surface area contributed by atoms with E-state index in [9.17, 15) is 22.8 Å². The number of alkyl halides is 3. The summed E-state index contributed by atoms with van der Waals surface area (Å²) in [4.78, 5) is 23.5. The van der Waals surface area contributed by atoms with Crippen molar-refractivity contribution in [2.24, 2.45) is 0 Å². The number of ketones is 1. The topological polar surface area (TPSA) is 55.4 Å². The fourth-order valence-electron chi connectivity index (χ4n) is 1.33. The maximum absolute atomic E-state index is 11.7. The van der Waals surface area contributed by atoms with Crippen LogP contribution in [0.3, 0.4) is 0 Å². The molecule has 0 bridgehead atoms. The second-order valence-electron chi connectivity index (χ2n) is 3.92. The first kappa shape index (κ1) is 16.6. The number of amides is 1. The van der Waals surface area contributed by atoms with Gasteiger partial charge in [-0.15, -0.1) is 11.3 Å². The minimum atomic E-state index is -4.36. The van der Waals surface area contributed by atoms with E-state index in [4.69, 9.17) is 0 Å². The van der Waals surface area contributed by atoms with E-state index in [1.54, 1.807) is 17.5 Å². The van der Waals surface area contributed by atoms with Gasteiger partial charge in [-0.2, -0.15) is 13.2 Å². The van der Waals surface area contributed by atoms with E-state index in [-0.39, 0.29) is 37.7 Å². The molecule has 1 aromatic rings. The molecule has 8 heteroatoms. The summed E-state index contributed by atoms with van der Waals surface area (Å²) < 4.78 is 39.5. The smallest absolute Gasteiger partial charge is 0.370 e.